The lowest BCUT2D eigenvalue weighted by molar-refractivity contribution is 0.0921. The van der Waals surface area contributed by atoms with E-state index >= 15 is 0 Å². The molecule has 2 unspecified atom stereocenters. The molecule has 1 aromatic rings. The van der Waals surface area contributed by atoms with Gasteiger partial charge in [0.25, 0.3) is 0 Å². The molecule has 0 aliphatic carbocycles. The van der Waals surface area contributed by atoms with Crippen LogP contribution in [-0.2, 0) is 11.2 Å². The van der Waals surface area contributed by atoms with E-state index in [2.05, 4.69) is 6.92 Å². The number of halogens is 1. The number of hydrogen-bond acceptors (Lipinski definition) is 3. The quantitative estimate of drug-likeness (QED) is 0.829. The lowest BCUT2D eigenvalue weighted by Gasteiger charge is -2.16. The highest BCUT2D eigenvalue weighted by atomic mass is 35.5. The van der Waals surface area contributed by atoms with Crippen LogP contribution in [-0.4, -0.2) is 25.9 Å². The van der Waals surface area contributed by atoms with Crippen molar-refractivity contribution in [2.75, 3.05) is 13.7 Å². The van der Waals surface area contributed by atoms with Crippen LogP contribution in [0.4, 0.5) is 0 Å². The molecule has 0 amide bonds. The van der Waals surface area contributed by atoms with Gasteiger partial charge in [-0.1, -0.05) is 24.6 Å². The molecular formula is C14H22ClNO2. The standard InChI is InChI=1S/C14H22ClNO2/c1-4-12(16)7-11-5-6-14(13(15)8-11)18-10(2)9-17-3/h5-6,8,10,12H,4,7,9,16H2,1-3H3. The molecule has 1 rings (SSSR count). The van der Waals surface area contributed by atoms with Crippen molar-refractivity contribution in [3.63, 3.8) is 0 Å². The number of nitrogens with two attached hydrogens (primary N) is 1. The van der Waals surface area contributed by atoms with Crippen LogP contribution in [0, 0.1) is 0 Å². The predicted octanol–water partition coefficient (Wildman–Crippen LogP) is 3.03. The first-order valence-corrected chi connectivity index (χ1v) is 6.64. The van der Waals surface area contributed by atoms with E-state index in [0.717, 1.165) is 18.4 Å². The summed E-state index contributed by atoms with van der Waals surface area (Å²) in [6.07, 6.45) is 1.78. The number of methoxy groups -OCH3 is 1. The summed E-state index contributed by atoms with van der Waals surface area (Å²) in [6.45, 7) is 4.57. The molecule has 2 N–H and O–H groups in total. The van der Waals surface area contributed by atoms with Gasteiger partial charge in [-0.3, -0.25) is 0 Å². The average molecular weight is 272 g/mol. The Morgan fingerprint density at radius 2 is 2.11 bits per heavy atom. The molecule has 0 radical (unpaired) electrons. The summed E-state index contributed by atoms with van der Waals surface area (Å²) in [6, 6.07) is 6.01. The molecule has 0 aliphatic rings. The van der Waals surface area contributed by atoms with Gasteiger partial charge in [0.1, 0.15) is 11.9 Å². The molecule has 0 saturated heterocycles. The molecule has 1 aromatic carbocycles. The van der Waals surface area contributed by atoms with E-state index in [4.69, 9.17) is 26.8 Å². The maximum absolute atomic E-state index is 6.19. The van der Waals surface area contributed by atoms with Gasteiger partial charge in [0.05, 0.1) is 11.6 Å². The molecule has 3 nitrogen and oxygen atoms in total. The van der Waals surface area contributed by atoms with Gasteiger partial charge in [0, 0.05) is 13.2 Å². The Morgan fingerprint density at radius 1 is 1.39 bits per heavy atom. The second kappa shape index (κ2) is 7.62. The first-order chi connectivity index (χ1) is 8.56. The van der Waals surface area contributed by atoms with Gasteiger partial charge < -0.3 is 15.2 Å². The number of benzene rings is 1. The van der Waals surface area contributed by atoms with Gasteiger partial charge in [0.15, 0.2) is 0 Å². The van der Waals surface area contributed by atoms with Crippen LogP contribution in [0.5, 0.6) is 5.75 Å². The van der Waals surface area contributed by atoms with E-state index in [0.29, 0.717) is 17.4 Å². The molecule has 0 bridgehead atoms. The molecule has 0 spiro atoms. The molecule has 0 aromatic heterocycles. The van der Waals surface area contributed by atoms with Gasteiger partial charge in [-0.15, -0.1) is 0 Å². The summed E-state index contributed by atoms with van der Waals surface area (Å²) < 4.78 is 10.7. The fraction of sp³-hybridized carbons (Fsp3) is 0.571. The number of rotatable bonds is 7. The van der Waals surface area contributed by atoms with Crippen molar-refractivity contribution in [2.24, 2.45) is 5.73 Å². The topological polar surface area (TPSA) is 44.5 Å². The summed E-state index contributed by atoms with van der Waals surface area (Å²) in [5.74, 6) is 0.690. The highest BCUT2D eigenvalue weighted by molar-refractivity contribution is 6.32. The molecular weight excluding hydrogens is 250 g/mol. The molecule has 0 aliphatic heterocycles. The van der Waals surface area contributed by atoms with Gasteiger partial charge in [-0.05, 0) is 37.5 Å². The smallest absolute Gasteiger partial charge is 0.138 e. The minimum atomic E-state index is -0.0174. The normalized spacial score (nSPS) is 14.3. The highest BCUT2D eigenvalue weighted by Crippen LogP contribution is 2.27. The van der Waals surface area contributed by atoms with E-state index in [1.807, 2.05) is 25.1 Å². The van der Waals surface area contributed by atoms with Crippen molar-refractivity contribution in [1.29, 1.82) is 0 Å². The Hall–Kier alpha value is -0.770. The molecule has 2 atom stereocenters. The fourth-order valence-corrected chi connectivity index (χ4v) is 1.95. The predicted molar refractivity (Wildman–Crippen MR) is 75.4 cm³/mol. The third kappa shape index (κ3) is 4.84. The molecule has 4 heteroatoms. The Labute approximate surface area is 114 Å². The fourth-order valence-electron chi connectivity index (χ4n) is 1.70. The van der Waals surface area contributed by atoms with Crippen LogP contribution < -0.4 is 10.5 Å². The van der Waals surface area contributed by atoms with Gasteiger partial charge in [-0.2, -0.15) is 0 Å². The summed E-state index contributed by atoms with van der Waals surface area (Å²) in [5.41, 5.74) is 7.06. The van der Waals surface area contributed by atoms with Crippen molar-refractivity contribution >= 4 is 11.6 Å². The van der Waals surface area contributed by atoms with Gasteiger partial charge in [-0.25, -0.2) is 0 Å². The molecule has 0 fully saturated rings. The van der Waals surface area contributed by atoms with Crippen LogP contribution in [0.3, 0.4) is 0 Å². The zero-order valence-corrected chi connectivity index (χ0v) is 12.0. The maximum atomic E-state index is 6.19. The Balaban J connectivity index is 2.67. The SMILES string of the molecule is CCC(N)Cc1ccc(OC(C)COC)c(Cl)c1. The Bertz CT molecular complexity index is 371. The van der Waals surface area contributed by atoms with Crippen LogP contribution >= 0.6 is 11.6 Å². The minimum absolute atomic E-state index is 0.0174. The maximum Gasteiger partial charge on any atom is 0.138 e. The lowest BCUT2D eigenvalue weighted by atomic mass is 10.0. The largest absolute Gasteiger partial charge is 0.487 e. The van der Waals surface area contributed by atoms with Crippen LogP contribution in [0.1, 0.15) is 25.8 Å². The lowest BCUT2D eigenvalue weighted by Crippen LogP contribution is -2.21. The Kier molecular flexibility index (Phi) is 6.47. The summed E-state index contributed by atoms with van der Waals surface area (Å²) in [7, 11) is 1.65. The van der Waals surface area contributed by atoms with Gasteiger partial charge >= 0.3 is 0 Å². The monoisotopic (exact) mass is 271 g/mol. The third-order valence-electron chi connectivity index (χ3n) is 2.75. The minimum Gasteiger partial charge on any atom is -0.487 e. The highest BCUT2D eigenvalue weighted by Gasteiger charge is 2.09. The third-order valence-corrected chi connectivity index (χ3v) is 3.04. The van der Waals surface area contributed by atoms with Crippen molar-refractivity contribution in [3.05, 3.63) is 28.8 Å². The summed E-state index contributed by atoms with van der Waals surface area (Å²) in [5, 5.41) is 0.624. The Morgan fingerprint density at radius 3 is 2.67 bits per heavy atom. The number of hydrogen-bond donors (Lipinski definition) is 1. The average Bonchev–Trinajstić information content (AvgIpc) is 2.33. The van der Waals surface area contributed by atoms with Crippen LogP contribution in [0.15, 0.2) is 18.2 Å². The van der Waals surface area contributed by atoms with E-state index in [-0.39, 0.29) is 12.1 Å². The van der Waals surface area contributed by atoms with E-state index in [9.17, 15) is 0 Å². The van der Waals surface area contributed by atoms with Crippen molar-refractivity contribution in [1.82, 2.24) is 0 Å². The van der Waals surface area contributed by atoms with Crippen LogP contribution in [0.25, 0.3) is 0 Å². The van der Waals surface area contributed by atoms with Crippen LogP contribution in [0.2, 0.25) is 5.02 Å². The second-order valence-corrected chi connectivity index (χ2v) is 4.93. The molecule has 0 heterocycles. The number of ether oxygens (including phenoxy) is 2. The second-order valence-electron chi connectivity index (χ2n) is 4.52. The van der Waals surface area contributed by atoms with E-state index in [1.165, 1.54) is 0 Å². The summed E-state index contributed by atoms with van der Waals surface area (Å²) >= 11 is 6.19. The van der Waals surface area contributed by atoms with Gasteiger partial charge in [0.2, 0.25) is 0 Å². The molecule has 0 saturated carbocycles. The zero-order valence-electron chi connectivity index (χ0n) is 11.3. The van der Waals surface area contributed by atoms with E-state index < -0.39 is 0 Å². The first kappa shape index (κ1) is 15.3. The van der Waals surface area contributed by atoms with Crippen molar-refractivity contribution < 1.29 is 9.47 Å². The van der Waals surface area contributed by atoms with Crippen molar-refractivity contribution in [2.45, 2.75) is 38.8 Å². The first-order valence-electron chi connectivity index (χ1n) is 6.26. The summed E-state index contributed by atoms with van der Waals surface area (Å²) in [4.78, 5) is 0. The van der Waals surface area contributed by atoms with E-state index in [1.54, 1.807) is 7.11 Å². The molecule has 18 heavy (non-hydrogen) atoms. The zero-order chi connectivity index (χ0) is 13.5. The van der Waals surface area contributed by atoms with Crippen molar-refractivity contribution in [3.8, 4) is 5.75 Å². The molecule has 102 valence electrons.